The minimum absolute atomic E-state index is 0.0238. The van der Waals surface area contributed by atoms with Crippen molar-refractivity contribution in [3.63, 3.8) is 0 Å². The first-order valence-electron chi connectivity index (χ1n) is 4.91. The highest BCUT2D eigenvalue weighted by Gasteiger charge is 2.31. The van der Waals surface area contributed by atoms with E-state index in [-0.39, 0.29) is 17.2 Å². The Balaban J connectivity index is 2.92. The van der Waals surface area contributed by atoms with Crippen molar-refractivity contribution >= 4 is 17.6 Å². The van der Waals surface area contributed by atoms with Crippen molar-refractivity contribution in [1.82, 2.24) is 0 Å². The van der Waals surface area contributed by atoms with Gasteiger partial charge in [0.05, 0.1) is 11.6 Å². The van der Waals surface area contributed by atoms with Gasteiger partial charge in [0.15, 0.2) is 0 Å². The number of hydrogen-bond donors (Lipinski definition) is 1. The first-order chi connectivity index (χ1) is 7.99. The molecule has 1 aromatic rings. The maximum atomic E-state index is 13.5. The van der Waals surface area contributed by atoms with E-state index in [9.17, 15) is 18.7 Å². The highest BCUT2D eigenvalue weighted by molar-refractivity contribution is 6.30. The van der Waals surface area contributed by atoms with Crippen LogP contribution in [0, 0.1) is 5.82 Å². The average Bonchev–Trinajstić information content (AvgIpc) is 2.31. The first-order valence-corrected chi connectivity index (χ1v) is 5.29. The van der Waals surface area contributed by atoms with Crippen LogP contribution in [0.15, 0.2) is 18.2 Å². The fourth-order valence-electron chi connectivity index (χ4n) is 1.26. The van der Waals surface area contributed by atoms with Gasteiger partial charge in [-0.25, -0.2) is 13.6 Å². The maximum Gasteiger partial charge on any atom is 0.343 e. The highest BCUT2D eigenvalue weighted by Crippen LogP contribution is 2.27. The van der Waals surface area contributed by atoms with E-state index in [1.165, 1.54) is 19.1 Å². The molecular weight excluding hydrogens is 254 g/mol. The molecular formula is C11H11ClF2O3. The molecule has 6 heteroatoms. The number of aliphatic hydroxyl groups is 1. The lowest BCUT2D eigenvalue weighted by atomic mass is 10.0. The fraction of sp³-hybridized carbons (Fsp3) is 0.364. The van der Waals surface area contributed by atoms with Crippen LogP contribution in [0.1, 0.15) is 18.6 Å². The Morgan fingerprint density at radius 3 is 2.82 bits per heavy atom. The molecule has 0 heterocycles. The summed E-state index contributed by atoms with van der Waals surface area (Å²) in [6.07, 6.45) is -4.28. The molecule has 0 aliphatic carbocycles. The van der Waals surface area contributed by atoms with Crippen molar-refractivity contribution in [3.8, 4) is 0 Å². The number of carbonyl (C=O) groups is 1. The number of hydrogen-bond acceptors (Lipinski definition) is 3. The van der Waals surface area contributed by atoms with Crippen LogP contribution in [0.25, 0.3) is 0 Å². The maximum absolute atomic E-state index is 13.5. The standard InChI is InChI=1S/C11H11ClF2O3/c1-2-17-11(16)9(14)10(15)6-4-3-5-7(12)8(6)13/h3-5,9-10,15H,2H2,1H3. The normalized spacial score (nSPS) is 14.2. The number of alkyl halides is 1. The molecule has 0 aliphatic heterocycles. The minimum Gasteiger partial charge on any atom is -0.464 e. The minimum atomic E-state index is -2.34. The van der Waals surface area contributed by atoms with E-state index < -0.39 is 24.1 Å². The Morgan fingerprint density at radius 2 is 2.24 bits per heavy atom. The molecule has 0 aliphatic rings. The Kier molecular flexibility index (Phi) is 4.84. The summed E-state index contributed by atoms with van der Waals surface area (Å²) < 4.78 is 31.3. The first kappa shape index (κ1) is 13.9. The van der Waals surface area contributed by atoms with E-state index in [0.717, 1.165) is 6.07 Å². The van der Waals surface area contributed by atoms with E-state index in [1.54, 1.807) is 0 Å². The van der Waals surface area contributed by atoms with Crippen molar-refractivity contribution < 1.29 is 23.4 Å². The quantitative estimate of drug-likeness (QED) is 0.850. The van der Waals surface area contributed by atoms with Crippen LogP contribution in [0.2, 0.25) is 5.02 Å². The van der Waals surface area contributed by atoms with Gasteiger partial charge in [-0.2, -0.15) is 0 Å². The lowest BCUT2D eigenvalue weighted by Gasteiger charge is -2.15. The van der Waals surface area contributed by atoms with Crippen LogP contribution in [-0.2, 0) is 9.53 Å². The van der Waals surface area contributed by atoms with Gasteiger partial charge in [0.25, 0.3) is 0 Å². The van der Waals surface area contributed by atoms with Crippen LogP contribution in [-0.4, -0.2) is 23.9 Å². The van der Waals surface area contributed by atoms with Gasteiger partial charge in [-0.3, -0.25) is 0 Å². The van der Waals surface area contributed by atoms with Crippen LogP contribution in [0.3, 0.4) is 0 Å². The number of rotatable bonds is 4. The molecule has 1 aromatic carbocycles. The predicted octanol–water partition coefficient (Wildman–Crippen LogP) is 2.41. The highest BCUT2D eigenvalue weighted by atomic mass is 35.5. The Morgan fingerprint density at radius 1 is 1.59 bits per heavy atom. The van der Waals surface area contributed by atoms with Gasteiger partial charge in [-0.05, 0) is 13.0 Å². The molecule has 1 rings (SSSR count). The summed E-state index contributed by atoms with van der Waals surface area (Å²) in [5, 5.41) is 9.26. The van der Waals surface area contributed by atoms with Gasteiger partial charge in [-0.15, -0.1) is 0 Å². The third-order valence-corrected chi connectivity index (χ3v) is 2.38. The van der Waals surface area contributed by atoms with Crippen LogP contribution in [0.4, 0.5) is 8.78 Å². The van der Waals surface area contributed by atoms with Gasteiger partial charge in [0.2, 0.25) is 6.17 Å². The van der Waals surface area contributed by atoms with Gasteiger partial charge in [0, 0.05) is 5.56 Å². The van der Waals surface area contributed by atoms with Gasteiger partial charge in [-0.1, -0.05) is 23.7 Å². The van der Waals surface area contributed by atoms with Crippen molar-refractivity contribution in [2.24, 2.45) is 0 Å². The third-order valence-electron chi connectivity index (χ3n) is 2.09. The Hall–Kier alpha value is -1.20. The van der Waals surface area contributed by atoms with Gasteiger partial charge >= 0.3 is 5.97 Å². The molecule has 17 heavy (non-hydrogen) atoms. The smallest absolute Gasteiger partial charge is 0.343 e. The molecule has 0 aromatic heterocycles. The third kappa shape index (κ3) is 3.14. The van der Waals surface area contributed by atoms with E-state index in [1.807, 2.05) is 0 Å². The summed E-state index contributed by atoms with van der Waals surface area (Å²) in [7, 11) is 0. The van der Waals surface area contributed by atoms with Crippen molar-refractivity contribution in [3.05, 3.63) is 34.6 Å². The summed E-state index contributed by atoms with van der Waals surface area (Å²) in [6, 6.07) is 3.75. The molecule has 94 valence electrons. The van der Waals surface area contributed by atoms with Crippen LogP contribution < -0.4 is 0 Å². The molecule has 0 bridgehead atoms. The largest absolute Gasteiger partial charge is 0.464 e. The molecule has 2 unspecified atom stereocenters. The van der Waals surface area contributed by atoms with Crippen molar-refractivity contribution in [1.29, 1.82) is 0 Å². The second-order valence-electron chi connectivity index (χ2n) is 3.24. The summed E-state index contributed by atoms with van der Waals surface area (Å²) in [4.78, 5) is 11.0. The molecule has 1 N–H and O–H groups in total. The number of ether oxygens (including phenoxy) is 1. The second kappa shape index (κ2) is 5.93. The Bertz CT molecular complexity index is 412. The number of halogens is 3. The molecule has 3 nitrogen and oxygen atoms in total. The van der Waals surface area contributed by atoms with E-state index in [2.05, 4.69) is 4.74 Å². The molecule has 0 saturated heterocycles. The SMILES string of the molecule is CCOC(=O)C(F)C(O)c1cccc(Cl)c1F. The average molecular weight is 265 g/mol. The number of carbonyl (C=O) groups excluding carboxylic acids is 1. The Labute approximate surface area is 102 Å². The summed E-state index contributed by atoms with van der Waals surface area (Å²) in [5.41, 5.74) is -0.377. The zero-order chi connectivity index (χ0) is 13.0. The van der Waals surface area contributed by atoms with E-state index in [4.69, 9.17) is 11.6 Å². The van der Waals surface area contributed by atoms with Crippen molar-refractivity contribution in [2.45, 2.75) is 19.2 Å². The van der Waals surface area contributed by atoms with E-state index >= 15 is 0 Å². The summed E-state index contributed by atoms with van der Waals surface area (Å²) >= 11 is 5.48. The summed E-state index contributed by atoms with van der Waals surface area (Å²) in [5.74, 6) is -2.19. The monoisotopic (exact) mass is 264 g/mol. The zero-order valence-electron chi connectivity index (χ0n) is 8.99. The predicted molar refractivity (Wildman–Crippen MR) is 57.9 cm³/mol. The van der Waals surface area contributed by atoms with Gasteiger partial charge < -0.3 is 9.84 Å². The van der Waals surface area contributed by atoms with Gasteiger partial charge in [0.1, 0.15) is 11.9 Å². The second-order valence-corrected chi connectivity index (χ2v) is 3.65. The number of aliphatic hydroxyl groups excluding tert-OH is 1. The zero-order valence-corrected chi connectivity index (χ0v) is 9.75. The molecule has 2 atom stereocenters. The lowest BCUT2D eigenvalue weighted by Crippen LogP contribution is -2.26. The molecule has 0 saturated carbocycles. The van der Waals surface area contributed by atoms with E-state index in [0.29, 0.717) is 0 Å². The molecule has 0 fully saturated rings. The van der Waals surface area contributed by atoms with Crippen LogP contribution in [0.5, 0.6) is 0 Å². The van der Waals surface area contributed by atoms with Crippen LogP contribution >= 0.6 is 11.6 Å². The summed E-state index contributed by atoms with van der Waals surface area (Å²) in [6.45, 7) is 1.47. The molecule has 0 radical (unpaired) electrons. The molecule has 0 spiro atoms. The number of benzene rings is 1. The fourth-order valence-corrected chi connectivity index (χ4v) is 1.44. The molecule has 0 amide bonds. The lowest BCUT2D eigenvalue weighted by molar-refractivity contribution is -0.153. The number of esters is 1. The van der Waals surface area contributed by atoms with Crippen molar-refractivity contribution in [2.75, 3.05) is 6.61 Å². The topological polar surface area (TPSA) is 46.5 Å².